The Morgan fingerprint density at radius 3 is 2.33 bits per heavy atom. The molecule has 0 bridgehead atoms. The molecule has 0 aromatic heterocycles. The summed E-state index contributed by atoms with van der Waals surface area (Å²) in [6.07, 6.45) is 8.55. The number of nitrogens with one attached hydrogen (secondary N) is 2. The molecule has 0 aromatic carbocycles. The molecule has 18 heavy (non-hydrogen) atoms. The minimum Gasteiger partial charge on any atom is -0.360 e. The molecule has 1 amide bonds. The molecule has 2 aliphatic rings. The van der Waals surface area contributed by atoms with Gasteiger partial charge < -0.3 is 15.5 Å². The Bertz CT molecular complexity index is 311. The summed E-state index contributed by atoms with van der Waals surface area (Å²) < 4.78 is 0. The number of rotatable bonds is 4. The van der Waals surface area contributed by atoms with E-state index in [0.29, 0.717) is 23.7 Å². The maximum atomic E-state index is 11.7. The van der Waals surface area contributed by atoms with Gasteiger partial charge in [-0.15, -0.1) is 0 Å². The molecule has 0 aliphatic heterocycles. The fraction of sp³-hybridized carbons (Fsp3) is 0.846. The normalized spacial score (nSPS) is 20.3. The van der Waals surface area contributed by atoms with Crippen molar-refractivity contribution in [3.05, 3.63) is 0 Å². The van der Waals surface area contributed by atoms with E-state index in [2.05, 4.69) is 10.6 Å². The number of carbonyl (C=O) groups is 1. The van der Waals surface area contributed by atoms with Gasteiger partial charge in [-0.1, -0.05) is 19.3 Å². The number of thiocarbonyl (C=S) groups is 1. The van der Waals surface area contributed by atoms with Gasteiger partial charge in [0.05, 0.1) is 6.54 Å². The third-order valence-electron chi connectivity index (χ3n) is 3.60. The second kappa shape index (κ2) is 6.36. The molecule has 0 atom stereocenters. The van der Waals surface area contributed by atoms with Crippen LogP contribution < -0.4 is 10.6 Å². The van der Waals surface area contributed by atoms with Crippen molar-refractivity contribution in [2.24, 2.45) is 0 Å². The molecule has 102 valence electrons. The molecule has 2 rings (SSSR count). The number of amides is 1. The molecule has 2 aliphatic carbocycles. The highest BCUT2D eigenvalue weighted by atomic mass is 32.1. The van der Waals surface area contributed by atoms with Crippen molar-refractivity contribution in [1.82, 2.24) is 15.5 Å². The van der Waals surface area contributed by atoms with Gasteiger partial charge in [0.25, 0.3) is 0 Å². The van der Waals surface area contributed by atoms with Crippen LogP contribution in [0.15, 0.2) is 0 Å². The van der Waals surface area contributed by atoms with E-state index in [4.69, 9.17) is 12.2 Å². The van der Waals surface area contributed by atoms with Crippen LogP contribution in [0.3, 0.4) is 0 Å². The van der Waals surface area contributed by atoms with Crippen LogP contribution in [0.2, 0.25) is 0 Å². The highest BCUT2D eigenvalue weighted by Crippen LogP contribution is 2.18. The average Bonchev–Trinajstić information content (AvgIpc) is 3.14. The minimum atomic E-state index is 0.0767. The van der Waals surface area contributed by atoms with E-state index in [-0.39, 0.29) is 5.91 Å². The first-order valence-electron chi connectivity index (χ1n) is 6.96. The molecule has 5 heteroatoms. The Balaban J connectivity index is 1.67. The number of likely N-dealkylation sites (N-methyl/N-ethyl adjacent to an activating group) is 1. The standard InChI is InChI=1S/C13H23N3OS/c1-16(9-12(17)14-11-7-8-11)13(18)15-10-5-3-2-4-6-10/h10-11H,2-9H2,1H3,(H,14,17)(H,15,18). The molecule has 2 N–H and O–H groups in total. The lowest BCUT2D eigenvalue weighted by Gasteiger charge is -2.28. The summed E-state index contributed by atoms with van der Waals surface area (Å²) in [6, 6.07) is 0.922. The van der Waals surface area contributed by atoms with E-state index >= 15 is 0 Å². The van der Waals surface area contributed by atoms with Crippen molar-refractivity contribution in [3.8, 4) is 0 Å². The number of carbonyl (C=O) groups excluding carboxylic acids is 1. The van der Waals surface area contributed by atoms with Crippen LogP contribution in [-0.2, 0) is 4.79 Å². The maximum Gasteiger partial charge on any atom is 0.239 e. The second-order valence-electron chi connectivity index (χ2n) is 5.48. The van der Waals surface area contributed by atoms with Gasteiger partial charge in [-0.05, 0) is 37.9 Å². The van der Waals surface area contributed by atoms with Crippen molar-refractivity contribution in [2.45, 2.75) is 57.0 Å². The van der Waals surface area contributed by atoms with Crippen molar-refractivity contribution in [1.29, 1.82) is 0 Å². The first kappa shape index (κ1) is 13.6. The summed E-state index contributed by atoms with van der Waals surface area (Å²) in [6.45, 7) is 0.356. The Hall–Kier alpha value is -0.840. The third-order valence-corrected chi connectivity index (χ3v) is 4.03. The summed E-state index contributed by atoms with van der Waals surface area (Å²) in [4.78, 5) is 13.5. The summed E-state index contributed by atoms with van der Waals surface area (Å²) in [5, 5.41) is 7.05. The molecule has 0 spiro atoms. The summed E-state index contributed by atoms with van der Waals surface area (Å²) >= 11 is 5.34. The highest BCUT2D eigenvalue weighted by Gasteiger charge is 2.24. The van der Waals surface area contributed by atoms with Gasteiger partial charge in [0.15, 0.2) is 5.11 Å². The Labute approximate surface area is 114 Å². The quantitative estimate of drug-likeness (QED) is 0.757. The lowest BCUT2D eigenvalue weighted by Crippen LogP contribution is -2.47. The third kappa shape index (κ3) is 4.44. The zero-order valence-electron chi connectivity index (χ0n) is 11.1. The first-order chi connectivity index (χ1) is 8.65. The van der Waals surface area contributed by atoms with Crippen LogP contribution in [0.25, 0.3) is 0 Å². The topological polar surface area (TPSA) is 44.4 Å². The summed E-state index contributed by atoms with van der Waals surface area (Å²) in [5.41, 5.74) is 0. The largest absolute Gasteiger partial charge is 0.360 e. The summed E-state index contributed by atoms with van der Waals surface area (Å²) in [7, 11) is 1.88. The van der Waals surface area contributed by atoms with Crippen molar-refractivity contribution < 1.29 is 4.79 Å². The van der Waals surface area contributed by atoms with Crippen LogP contribution in [0.5, 0.6) is 0 Å². The SMILES string of the molecule is CN(CC(=O)NC1CC1)C(=S)NC1CCCCC1. The molecule has 4 nitrogen and oxygen atoms in total. The van der Waals surface area contributed by atoms with Crippen LogP contribution in [0, 0.1) is 0 Å². The molecule has 2 saturated carbocycles. The van der Waals surface area contributed by atoms with E-state index < -0.39 is 0 Å². The molecular formula is C13H23N3OS. The Morgan fingerprint density at radius 2 is 1.72 bits per heavy atom. The summed E-state index contributed by atoms with van der Waals surface area (Å²) in [5.74, 6) is 0.0767. The Kier molecular flexibility index (Phi) is 4.80. The van der Waals surface area contributed by atoms with E-state index in [1.165, 1.54) is 32.1 Å². The molecule has 0 aromatic rings. The minimum absolute atomic E-state index is 0.0767. The predicted molar refractivity (Wildman–Crippen MR) is 76.4 cm³/mol. The molecular weight excluding hydrogens is 246 g/mol. The molecule has 0 unspecified atom stereocenters. The Morgan fingerprint density at radius 1 is 1.11 bits per heavy atom. The van der Waals surface area contributed by atoms with Crippen LogP contribution in [-0.4, -0.2) is 41.6 Å². The smallest absolute Gasteiger partial charge is 0.239 e. The van der Waals surface area contributed by atoms with Crippen LogP contribution in [0.1, 0.15) is 44.9 Å². The van der Waals surface area contributed by atoms with Crippen molar-refractivity contribution >= 4 is 23.2 Å². The van der Waals surface area contributed by atoms with Crippen molar-refractivity contribution in [2.75, 3.05) is 13.6 Å². The maximum absolute atomic E-state index is 11.7. The van der Waals surface area contributed by atoms with E-state index in [1.54, 1.807) is 0 Å². The molecule has 0 saturated heterocycles. The first-order valence-corrected chi connectivity index (χ1v) is 7.37. The van der Waals surface area contributed by atoms with Gasteiger partial charge >= 0.3 is 0 Å². The van der Waals surface area contributed by atoms with Gasteiger partial charge in [-0.25, -0.2) is 0 Å². The lowest BCUT2D eigenvalue weighted by atomic mass is 9.96. The molecule has 0 heterocycles. The fourth-order valence-electron chi connectivity index (χ4n) is 2.32. The van der Waals surface area contributed by atoms with Gasteiger partial charge in [-0.3, -0.25) is 4.79 Å². The number of nitrogens with zero attached hydrogens (tertiary/aromatic N) is 1. The van der Waals surface area contributed by atoms with Crippen molar-refractivity contribution in [3.63, 3.8) is 0 Å². The highest BCUT2D eigenvalue weighted by molar-refractivity contribution is 7.80. The average molecular weight is 269 g/mol. The monoisotopic (exact) mass is 269 g/mol. The van der Waals surface area contributed by atoms with E-state index in [1.807, 2.05) is 11.9 Å². The zero-order chi connectivity index (χ0) is 13.0. The van der Waals surface area contributed by atoms with Crippen LogP contribution >= 0.6 is 12.2 Å². The molecule has 0 radical (unpaired) electrons. The fourth-order valence-corrected chi connectivity index (χ4v) is 2.55. The van der Waals surface area contributed by atoms with Crippen LogP contribution in [0.4, 0.5) is 0 Å². The predicted octanol–water partition coefficient (Wildman–Crippen LogP) is 1.40. The zero-order valence-corrected chi connectivity index (χ0v) is 11.9. The lowest BCUT2D eigenvalue weighted by molar-refractivity contribution is -0.121. The van der Waals surface area contributed by atoms with Gasteiger partial charge in [-0.2, -0.15) is 0 Å². The number of hydrogen-bond acceptors (Lipinski definition) is 2. The second-order valence-corrected chi connectivity index (χ2v) is 5.87. The van der Waals surface area contributed by atoms with Gasteiger partial charge in [0.1, 0.15) is 0 Å². The molecule has 2 fully saturated rings. The number of hydrogen-bond donors (Lipinski definition) is 2. The van der Waals surface area contributed by atoms with E-state index in [0.717, 1.165) is 12.8 Å². The van der Waals surface area contributed by atoms with E-state index in [9.17, 15) is 4.79 Å². The van der Waals surface area contributed by atoms with Gasteiger partial charge in [0.2, 0.25) is 5.91 Å². The van der Waals surface area contributed by atoms with Gasteiger partial charge in [0, 0.05) is 19.1 Å².